The predicted octanol–water partition coefficient (Wildman–Crippen LogP) is -0.0884. The van der Waals surface area contributed by atoms with E-state index in [2.05, 4.69) is 10.3 Å². The average Bonchev–Trinajstić information content (AvgIpc) is 2.50. The molecule has 0 aliphatic heterocycles. The van der Waals surface area contributed by atoms with Gasteiger partial charge in [-0.1, -0.05) is 12.1 Å². The van der Waals surface area contributed by atoms with Gasteiger partial charge >= 0.3 is 0 Å². The molecule has 14 heavy (non-hydrogen) atoms. The molecule has 1 atom stereocenters. The first-order chi connectivity index (χ1) is 6.61. The highest BCUT2D eigenvalue weighted by Gasteiger charge is 2.10. The zero-order valence-electron chi connectivity index (χ0n) is 8.60. The Balaban J connectivity index is 2.41. The Morgan fingerprint density at radius 3 is 2.93 bits per heavy atom. The molecule has 1 rings (SSSR count). The molecule has 0 saturated heterocycles. The van der Waals surface area contributed by atoms with Gasteiger partial charge in [-0.25, -0.2) is 0 Å². The van der Waals surface area contributed by atoms with Crippen LogP contribution in [-0.4, -0.2) is 27.3 Å². The van der Waals surface area contributed by atoms with E-state index in [1.54, 1.807) is 17.9 Å². The fourth-order valence-electron chi connectivity index (χ4n) is 1.22. The van der Waals surface area contributed by atoms with E-state index in [9.17, 15) is 4.79 Å². The van der Waals surface area contributed by atoms with Gasteiger partial charge in [0.1, 0.15) is 5.78 Å². The van der Waals surface area contributed by atoms with Crippen LogP contribution in [0.1, 0.15) is 19.0 Å². The third-order valence-corrected chi connectivity index (χ3v) is 2.01. The van der Waals surface area contributed by atoms with Gasteiger partial charge in [0.15, 0.2) is 0 Å². The molecule has 0 aliphatic carbocycles. The van der Waals surface area contributed by atoms with Crippen molar-refractivity contribution in [2.24, 2.45) is 18.7 Å². The molecule has 0 saturated carbocycles. The van der Waals surface area contributed by atoms with Gasteiger partial charge in [0, 0.05) is 19.7 Å². The van der Waals surface area contributed by atoms with Crippen molar-refractivity contribution in [2.75, 3.05) is 6.54 Å². The summed E-state index contributed by atoms with van der Waals surface area (Å²) in [7, 11) is 1.78. The molecule has 1 unspecified atom stereocenters. The van der Waals surface area contributed by atoms with E-state index in [-0.39, 0.29) is 11.7 Å². The van der Waals surface area contributed by atoms with Crippen LogP contribution in [0.3, 0.4) is 0 Å². The van der Waals surface area contributed by atoms with Crippen LogP contribution in [0.5, 0.6) is 0 Å². The fraction of sp³-hybridized carbons (Fsp3) is 0.667. The first kappa shape index (κ1) is 10.8. The Kier molecular flexibility index (Phi) is 3.76. The standard InChI is InChI=1S/C9H16N4O/c1-7(5-10)3-9(14)4-8-6-13(2)12-11-8/h6-7H,3-5,10H2,1-2H3. The van der Waals surface area contributed by atoms with Crippen molar-refractivity contribution in [1.82, 2.24) is 15.0 Å². The van der Waals surface area contributed by atoms with E-state index < -0.39 is 0 Å². The number of Topliss-reactive ketones (excluding diaryl/α,β-unsaturated/α-hetero) is 1. The number of ketones is 1. The van der Waals surface area contributed by atoms with Crippen LogP contribution >= 0.6 is 0 Å². The Morgan fingerprint density at radius 1 is 1.71 bits per heavy atom. The molecule has 0 aromatic carbocycles. The molecule has 0 amide bonds. The summed E-state index contributed by atoms with van der Waals surface area (Å²) in [6.07, 6.45) is 2.64. The minimum atomic E-state index is 0.170. The number of carbonyl (C=O) groups is 1. The minimum absolute atomic E-state index is 0.170. The summed E-state index contributed by atoms with van der Waals surface area (Å²) in [5.74, 6) is 0.419. The maximum absolute atomic E-state index is 11.5. The molecule has 0 bridgehead atoms. The number of hydrogen-bond donors (Lipinski definition) is 1. The lowest BCUT2D eigenvalue weighted by Gasteiger charge is -2.05. The summed E-state index contributed by atoms with van der Waals surface area (Å²) in [4.78, 5) is 11.5. The summed E-state index contributed by atoms with van der Waals surface area (Å²) in [6.45, 7) is 2.51. The number of rotatable bonds is 5. The lowest BCUT2D eigenvalue weighted by Crippen LogP contribution is -2.16. The van der Waals surface area contributed by atoms with Crippen LogP contribution in [0.2, 0.25) is 0 Å². The SMILES string of the molecule is CC(CN)CC(=O)Cc1cn(C)nn1. The Bertz CT molecular complexity index is 308. The third-order valence-electron chi connectivity index (χ3n) is 2.01. The number of aryl methyl sites for hydroxylation is 1. The van der Waals surface area contributed by atoms with Crippen LogP contribution in [0.15, 0.2) is 6.20 Å². The molecule has 78 valence electrons. The second-order valence-electron chi connectivity index (χ2n) is 3.64. The zero-order chi connectivity index (χ0) is 10.6. The topological polar surface area (TPSA) is 73.8 Å². The number of carbonyl (C=O) groups excluding carboxylic acids is 1. The molecule has 5 nitrogen and oxygen atoms in total. The molecule has 1 aromatic rings. The lowest BCUT2D eigenvalue weighted by atomic mass is 10.0. The molecule has 0 spiro atoms. The van der Waals surface area contributed by atoms with Gasteiger partial charge in [0.2, 0.25) is 0 Å². The normalized spacial score (nSPS) is 12.8. The summed E-state index contributed by atoms with van der Waals surface area (Å²) in [6, 6.07) is 0. The molecule has 0 fully saturated rings. The molecule has 0 radical (unpaired) electrons. The second kappa shape index (κ2) is 4.85. The number of nitrogens with zero attached hydrogens (tertiary/aromatic N) is 3. The van der Waals surface area contributed by atoms with Crippen LogP contribution in [-0.2, 0) is 18.3 Å². The molecular weight excluding hydrogens is 180 g/mol. The second-order valence-corrected chi connectivity index (χ2v) is 3.64. The molecular formula is C9H16N4O. The number of hydrogen-bond acceptors (Lipinski definition) is 4. The van der Waals surface area contributed by atoms with Gasteiger partial charge in [0.25, 0.3) is 0 Å². The summed E-state index contributed by atoms with van der Waals surface area (Å²) >= 11 is 0. The summed E-state index contributed by atoms with van der Waals surface area (Å²) in [5.41, 5.74) is 6.16. The molecule has 0 aliphatic rings. The van der Waals surface area contributed by atoms with E-state index in [4.69, 9.17) is 5.73 Å². The van der Waals surface area contributed by atoms with Crippen molar-refractivity contribution in [3.8, 4) is 0 Å². The maximum atomic E-state index is 11.5. The quantitative estimate of drug-likeness (QED) is 0.714. The molecule has 2 N–H and O–H groups in total. The van der Waals surface area contributed by atoms with Gasteiger partial charge < -0.3 is 5.73 Å². The van der Waals surface area contributed by atoms with Crippen LogP contribution in [0.4, 0.5) is 0 Å². The third kappa shape index (κ3) is 3.26. The summed E-state index contributed by atoms with van der Waals surface area (Å²) < 4.78 is 1.59. The monoisotopic (exact) mass is 196 g/mol. The number of nitrogens with two attached hydrogens (primary N) is 1. The lowest BCUT2D eigenvalue weighted by molar-refractivity contribution is -0.119. The highest BCUT2D eigenvalue weighted by atomic mass is 16.1. The van der Waals surface area contributed by atoms with Gasteiger partial charge in [-0.3, -0.25) is 9.48 Å². The Hall–Kier alpha value is -1.23. The van der Waals surface area contributed by atoms with E-state index in [1.807, 2.05) is 6.92 Å². The molecule has 5 heteroatoms. The van der Waals surface area contributed by atoms with Crippen LogP contribution in [0.25, 0.3) is 0 Å². The Labute approximate surface area is 83.3 Å². The highest BCUT2D eigenvalue weighted by Crippen LogP contribution is 2.03. The van der Waals surface area contributed by atoms with Crippen molar-refractivity contribution in [2.45, 2.75) is 19.8 Å². The van der Waals surface area contributed by atoms with Crippen molar-refractivity contribution in [3.05, 3.63) is 11.9 Å². The minimum Gasteiger partial charge on any atom is -0.330 e. The van der Waals surface area contributed by atoms with Gasteiger partial charge in [0.05, 0.1) is 12.1 Å². The molecule has 1 heterocycles. The first-order valence-electron chi connectivity index (χ1n) is 4.68. The van der Waals surface area contributed by atoms with Gasteiger partial charge in [-0.05, 0) is 12.5 Å². The van der Waals surface area contributed by atoms with Crippen molar-refractivity contribution in [3.63, 3.8) is 0 Å². The largest absolute Gasteiger partial charge is 0.330 e. The van der Waals surface area contributed by atoms with E-state index in [1.165, 1.54) is 0 Å². The van der Waals surface area contributed by atoms with Crippen LogP contribution < -0.4 is 5.73 Å². The average molecular weight is 196 g/mol. The number of aromatic nitrogens is 3. The predicted molar refractivity (Wildman–Crippen MR) is 52.5 cm³/mol. The van der Waals surface area contributed by atoms with Gasteiger partial charge in [-0.2, -0.15) is 0 Å². The van der Waals surface area contributed by atoms with E-state index >= 15 is 0 Å². The zero-order valence-corrected chi connectivity index (χ0v) is 8.60. The fourth-order valence-corrected chi connectivity index (χ4v) is 1.22. The molecule has 1 aromatic heterocycles. The van der Waals surface area contributed by atoms with Crippen LogP contribution in [0, 0.1) is 5.92 Å². The summed E-state index contributed by atoms with van der Waals surface area (Å²) in [5, 5.41) is 7.61. The Morgan fingerprint density at radius 2 is 2.43 bits per heavy atom. The first-order valence-corrected chi connectivity index (χ1v) is 4.68. The van der Waals surface area contributed by atoms with Crippen molar-refractivity contribution in [1.29, 1.82) is 0 Å². The van der Waals surface area contributed by atoms with Gasteiger partial charge in [-0.15, -0.1) is 5.10 Å². The highest BCUT2D eigenvalue weighted by molar-refractivity contribution is 5.80. The van der Waals surface area contributed by atoms with Crippen molar-refractivity contribution < 1.29 is 4.79 Å². The van der Waals surface area contributed by atoms with Crippen molar-refractivity contribution >= 4 is 5.78 Å². The maximum Gasteiger partial charge on any atom is 0.139 e. The smallest absolute Gasteiger partial charge is 0.139 e. The van der Waals surface area contributed by atoms with E-state index in [0.29, 0.717) is 19.4 Å². The van der Waals surface area contributed by atoms with E-state index in [0.717, 1.165) is 5.69 Å².